The Bertz CT molecular complexity index is 236. The van der Waals surface area contributed by atoms with Gasteiger partial charge in [-0.05, 0) is 25.2 Å². The number of nitrogens with one attached hydrogen (secondary N) is 1. The molecule has 0 aromatic heterocycles. The summed E-state index contributed by atoms with van der Waals surface area (Å²) in [6.45, 7) is 2.19. The number of rotatable bonds is 2. The normalized spacial score (nSPS) is 40.7. The average molecular weight is 222 g/mol. The monoisotopic (exact) mass is 221 g/mol. The van der Waals surface area contributed by atoms with Gasteiger partial charge in [0.25, 0.3) is 0 Å². The summed E-state index contributed by atoms with van der Waals surface area (Å²) in [6, 6.07) is 0.368. The van der Waals surface area contributed by atoms with Crippen LogP contribution in [-0.2, 0) is 4.79 Å². The average Bonchev–Trinajstić information content (AvgIpc) is 2.56. The molecule has 0 bridgehead atoms. The molecular weight excluding hydrogens is 209 g/mol. The van der Waals surface area contributed by atoms with E-state index in [2.05, 4.69) is 12.2 Å². The maximum absolute atomic E-state index is 11.5. The molecule has 0 aromatic rings. The Balaban J connectivity index is 1.74. The molecule has 0 aromatic carbocycles. The minimum absolute atomic E-state index is 0.0295. The molecule has 2 rings (SSSR count). The van der Waals surface area contributed by atoms with Crippen molar-refractivity contribution in [2.45, 2.75) is 36.6 Å². The van der Waals surface area contributed by atoms with Crippen molar-refractivity contribution in [2.75, 3.05) is 0 Å². The van der Waals surface area contributed by atoms with Crippen molar-refractivity contribution in [3.8, 4) is 0 Å². The highest BCUT2D eigenvalue weighted by Crippen LogP contribution is 2.53. The van der Waals surface area contributed by atoms with E-state index in [-0.39, 0.29) is 11.8 Å². The molecule has 0 aliphatic heterocycles. The first-order chi connectivity index (χ1) is 5.99. The summed E-state index contributed by atoms with van der Waals surface area (Å²) in [5.74, 6) is 0.606. The molecule has 1 unspecified atom stereocenters. The molecule has 2 aliphatic rings. The fourth-order valence-corrected chi connectivity index (χ4v) is 2.33. The summed E-state index contributed by atoms with van der Waals surface area (Å²) in [5, 5.41) is 2.96. The number of hydrogen-bond donors (Lipinski definition) is 1. The Kier molecular flexibility index (Phi) is 2.23. The lowest BCUT2D eigenvalue weighted by Crippen LogP contribution is -2.44. The van der Waals surface area contributed by atoms with E-state index in [1.165, 1.54) is 0 Å². The molecular formula is C9H13Cl2NO. The van der Waals surface area contributed by atoms with E-state index in [1.54, 1.807) is 0 Å². The van der Waals surface area contributed by atoms with Crippen molar-refractivity contribution in [1.29, 1.82) is 0 Å². The molecule has 2 nitrogen and oxygen atoms in total. The summed E-state index contributed by atoms with van der Waals surface area (Å²) in [7, 11) is 0. The Labute approximate surface area is 88.0 Å². The number of halogens is 2. The second kappa shape index (κ2) is 3.03. The lowest BCUT2D eigenvalue weighted by molar-refractivity contribution is -0.123. The van der Waals surface area contributed by atoms with Crippen molar-refractivity contribution in [3.05, 3.63) is 0 Å². The van der Waals surface area contributed by atoms with Gasteiger partial charge in [0.05, 0.1) is 5.92 Å². The van der Waals surface area contributed by atoms with Gasteiger partial charge >= 0.3 is 0 Å². The molecule has 1 N–H and O–H groups in total. The van der Waals surface area contributed by atoms with Crippen LogP contribution in [0.25, 0.3) is 0 Å². The van der Waals surface area contributed by atoms with Crippen molar-refractivity contribution >= 4 is 29.1 Å². The highest BCUT2D eigenvalue weighted by molar-refractivity contribution is 6.52. The Morgan fingerprint density at radius 2 is 2.00 bits per heavy atom. The molecule has 0 heterocycles. The van der Waals surface area contributed by atoms with Gasteiger partial charge in [-0.15, -0.1) is 23.2 Å². The zero-order valence-corrected chi connectivity index (χ0v) is 9.03. The first kappa shape index (κ1) is 9.60. The molecule has 0 saturated heterocycles. The minimum atomic E-state index is -0.778. The molecule has 4 heteroatoms. The number of amides is 1. The fourth-order valence-electron chi connectivity index (χ4n) is 1.82. The summed E-state index contributed by atoms with van der Waals surface area (Å²) in [5.41, 5.74) is 0. The second-order valence-corrected chi connectivity index (χ2v) is 5.84. The molecule has 2 aliphatic carbocycles. The van der Waals surface area contributed by atoms with Crippen LogP contribution in [0.2, 0.25) is 0 Å². The van der Waals surface area contributed by atoms with E-state index in [0.717, 1.165) is 18.8 Å². The van der Waals surface area contributed by atoms with E-state index < -0.39 is 4.33 Å². The Morgan fingerprint density at radius 1 is 1.46 bits per heavy atom. The SMILES string of the molecule is CC1CC(NC(=O)C2CC2(Cl)Cl)C1. The zero-order valence-electron chi connectivity index (χ0n) is 7.52. The fraction of sp³-hybridized carbons (Fsp3) is 0.889. The maximum Gasteiger partial charge on any atom is 0.226 e. The standard InChI is InChI=1S/C9H13Cl2NO/c1-5-2-6(3-5)12-8(13)7-4-9(7,10)11/h5-7H,2-4H2,1H3,(H,12,13). The second-order valence-electron chi connectivity index (χ2n) is 4.30. The van der Waals surface area contributed by atoms with Gasteiger partial charge in [0.1, 0.15) is 4.33 Å². The van der Waals surface area contributed by atoms with Crippen LogP contribution in [-0.4, -0.2) is 16.3 Å². The van der Waals surface area contributed by atoms with E-state index >= 15 is 0 Å². The Morgan fingerprint density at radius 3 is 2.38 bits per heavy atom. The van der Waals surface area contributed by atoms with Gasteiger partial charge in [-0.25, -0.2) is 0 Å². The van der Waals surface area contributed by atoms with Crippen LogP contribution in [0.4, 0.5) is 0 Å². The number of carbonyl (C=O) groups excluding carboxylic acids is 1. The lowest BCUT2D eigenvalue weighted by Gasteiger charge is -2.33. The molecule has 0 radical (unpaired) electrons. The molecule has 2 saturated carbocycles. The van der Waals surface area contributed by atoms with Gasteiger partial charge in [-0.3, -0.25) is 4.79 Å². The molecule has 2 fully saturated rings. The summed E-state index contributed by atoms with van der Waals surface area (Å²) >= 11 is 11.6. The van der Waals surface area contributed by atoms with Crippen LogP contribution in [0, 0.1) is 11.8 Å². The highest BCUT2D eigenvalue weighted by atomic mass is 35.5. The van der Waals surface area contributed by atoms with Crippen LogP contribution in [0.5, 0.6) is 0 Å². The topological polar surface area (TPSA) is 29.1 Å². The van der Waals surface area contributed by atoms with Gasteiger partial charge in [0.2, 0.25) is 5.91 Å². The third-order valence-electron chi connectivity index (χ3n) is 2.86. The predicted molar refractivity (Wildman–Crippen MR) is 52.9 cm³/mol. The van der Waals surface area contributed by atoms with Crippen molar-refractivity contribution in [2.24, 2.45) is 11.8 Å². The number of hydrogen-bond acceptors (Lipinski definition) is 1. The quantitative estimate of drug-likeness (QED) is 0.712. The summed E-state index contributed by atoms with van der Waals surface area (Å²) in [6.07, 6.45) is 2.79. The van der Waals surface area contributed by atoms with Crippen LogP contribution >= 0.6 is 23.2 Å². The van der Waals surface area contributed by atoms with E-state index in [4.69, 9.17) is 23.2 Å². The van der Waals surface area contributed by atoms with Gasteiger partial charge in [-0.2, -0.15) is 0 Å². The molecule has 0 spiro atoms. The van der Waals surface area contributed by atoms with E-state index in [0.29, 0.717) is 12.5 Å². The van der Waals surface area contributed by atoms with Crippen LogP contribution in [0.1, 0.15) is 26.2 Å². The van der Waals surface area contributed by atoms with Gasteiger partial charge < -0.3 is 5.32 Å². The first-order valence-electron chi connectivity index (χ1n) is 4.67. The Hall–Kier alpha value is 0.0500. The predicted octanol–water partition coefficient (Wildman–Crippen LogP) is 2.09. The first-order valence-corrected chi connectivity index (χ1v) is 5.43. The molecule has 1 amide bonds. The van der Waals surface area contributed by atoms with Crippen molar-refractivity contribution in [3.63, 3.8) is 0 Å². The van der Waals surface area contributed by atoms with Crippen molar-refractivity contribution < 1.29 is 4.79 Å². The molecule has 74 valence electrons. The van der Waals surface area contributed by atoms with Crippen LogP contribution in [0.15, 0.2) is 0 Å². The summed E-state index contributed by atoms with van der Waals surface area (Å²) < 4.78 is -0.778. The van der Waals surface area contributed by atoms with Gasteiger partial charge in [0.15, 0.2) is 0 Å². The maximum atomic E-state index is 11.5. The van der Waals surface area contributed by atoms with Gasteiger partial charge in [-0.1, -0.05) is 6.92 Å². The zero-order chi connectivity index (χ0) is 9.64. The third kappa shape index (κ3) is 1.94. The van der Waals surface area contributed by atoms with E-state index in [9.17, 15) is 4.79 Å². The smallest absolute Gasteiger partial charge is 0.226 e. The number of carbonyl (C=O) groups is 1. The third-order valence-corrected chi connectivity index (χ3v) is 3.70. The van der Waals surface area contributed by atoms with Crippen LogP contribution < -0.4 is 5.32 Å². The van der Waals surface area contributed by atoms with Crippen molar-refractivity contribution in [1.82, 2.24) is 5.32 Å². The molecule has 13 heavy (non-hydrogen) atoms. The minimum Gasteiger partial charge on any atom is -0.353 e. The largest absolute Gasteiger partial charge is 0.353 e. The summed E-state index contributed by atoms with van der Waals surface area (Å²) in [4.78, 5) is 11.5. The van der Waals surface area contributed by atoms with Gasteiger partial charge in [0, 0.05) is 6.04 Å². The highest BCUT2D eigenvalue weighted by Gasteiger charge is 2.56. The van der Waals surface area contributed by atoms with E-state index in [1.807, 2.05) is 0 Å². The number of alkyl halides is 2. The molecule has 1 atom stereocenters. The lowest BCUT2D eigenvalue weighted by atomic mass is 9.82. The van der Waals surface area contributed by atoms with Crippen LogP contribution in [0.3, 0.4) is 0 Å².